The van der Waals surface area contributed by atoms with Crippen LogP contribution >= 0.6 is 0 Å². The van der Waals surface area contributed by atoms with E-state index in [1.165, 1.54) is 17.2 Å². The van der Waals surface area contributed by atoms with Gasteiger partial charge >= 0.3 is 6.03 Å². The van der Waals surface area contributed by atoms with Crippen LogP contribution in [-0.2, 0) is 6.54 Å². The summed E-state index contributed by atoms with van der Waals surface area (Å²) >= 11 is 0. The summed E-state index contributed by atoms with van der Waals surface area (Å²) in [5, 5.41) is 14.2. The van der Waals surface area contributed by atoms with Crippen LogP contribution in [0.3, 0.4) is 0 Å². The Morgan fingerprint density at radius 3 is 2.59 bits per heavy atom. The summed E-state index contributed by atoms with van der Waals surface area (Å²) in [7, 11) is 0. The number of hydrogen-bond donors (Lipinski definition) is 3. The molecule has 2 aromatic rings. The van der Waals surface area contributed by atoms with E-state index >= 15 is 0 Å². The number of nitrogens with two attached hydrogens (primary N) is 1. The average molecular weight is 294 g/mol. The number of nitrogens with one attached hydrogen (secondary N) is 2. The number of nitrogen functional groups attached to an aromatic ring is 1. The molecule has 0 bridgehead atoms. The van der Waals surface area contributed by atoms with Gasteiger partial charge in [-0.1, -0.05) is 18.2 Å². The lowest BCUT2D eigenvalue weighted by molar-refractivity contribution is 0.251. The van der Waals surface area contributed by atoms with E-state index in [4.69, 9.17) is 11.0 Å². The van der Waals surface area contributed by atoms with E-state index in [2.05, 4.69) is 10.6 Å². The summed E-state index contributed by atoms with van der Waals surface area (Å²) < 4.78 is 0. The van der Waals surface area contributed by atoms with Crippen molar-refractivity contribution in [3.8, 4) is 6.07 Å². The fraction of sp³-hybridized carbons (Fsp3) is 0.176. The van der Waals surface area contributed by atoms with Crippen LogP contribution < -0.4 is 16.4 Å². The minimum Gasteiger partial charge on any atom is -0.397 e. The van der Waals surface area contributed by atoms with Crippen LogP contribution in [0, 0.1) is 25.2 Å². The zero-order chi connectivity index (χ0) is 16.1. The summed E-state index contributed by atoms with van der Waals surface area (Å²) in [6, 6.07) is 12.5. The third-order valence-corrected chi connectivity index (χ3v) is 3.45. The Morgan fingerprint density at radius 1 is 1.18 bits per heavy atom. The van der Waals surface area contributed by atoms with Gasteiger partial charge in [0, 0.05) is 6.54 Å². The first-order valence-electron chi connectivity index (χ1n) is 6.90. The molecule has 0 fully saturated rings. The Hall–Kier alpha value is -3.00. The van der Waals surface area contributed by atoms with E-state index in [1.54, 1.807) is 12.1 Å². The number of benzene rings is 2. The quantitative estimate of drug-likeness (QED) is 0.760. The number of amides is 2. The Morgan fingerprint density at radius 2 is 1.95 bits per heavy atom. The Balaban J connectivity index is 1.96. The number of urea groups is 1. The minimum atomic E-state index is -0.338. The molecular weight excluding hydrogens is 276 g/mol. The summed E-state index contributed by atoms with van der Waals surface area (Å²) in [4.78, 5) is 11.9. The molecule has 0 aliphatic carbocycles. The molecule has 112 valence electrons. The third kappa shape index (κ3) is 3.76. The zero-order valence-electron chi connectivity index (χ0n) is 12.6. The number of hydrogen-bond acceptors (Lipinski definition) is 3. The molecule has 0 radical (unpaired) electrons. The lowest BCUT2D eigenvalue weighted by Crippen LogP contribution is -2.28. The molecule has 0 atom stereocenters. The van der Waals surface area contributed by atoms with Gasteiger partial charge in [-0.25, -0.2) is 4.79 Å². The molecular formula is C17H18N4O. The van der Waals surface area contributed by atoms with Gasteiger partial charge in [0.2, 0.25) is 0 Å². The van der Waals surface area contributed by atoms with Crippen molar-refractivity contribution in [3.63, 3.8) is 0 Å². The second-order valence-electron chi connectivity index (χ2n) is 5.14. The van der Waals surface area contributed by atoms with Crippen molar-refractivity contribution < 1.29 is 4.79 Å². The maximum Gasteiger partial charge on any atom is 0.319 e. The Kier molecular flexibility index (Phi) is 4.64. The standard InChI is InChI=1S/C17H18N4O/c1-11-3-4-14(7-12(11)2)10-20-17(22)21-16-6-5-13(9-18)8-15(16)19/h3-8H,10,19H2,1-2H3,(H2,20,21,22). The molecule has 0 aromatic heterocycles. The first kappa shape index (κ1) is 15.4. The van der Waals surface area contributed by atoms with Crippen LogP contribution in [0.4, 0.5) is 16.2 Å². The third-order valence-electron chi connectivity index (χ3n) is 3.45. The van der Waals surface area contributed by atoms with Gasteiger partial charge in [0.25, 0.3) is 0 Å². The van der Waals surface area contributed by atoms with Gasteiger partial charge < -0.3 is 16.4 Å². The maximum atomic E-state index is 11.9. The van der Waals surface area contributed by atoms with E-state index in [-0.39, 0.29) is 6.03 Å². The number of rotatable bonds is 3. The SMILES string of the molecule is Cc1ccc(CNC(=O)Nc2ccc(C#N)cc2N)cc1C. The van der Waals surface area contributed by atoms with Crippen LogP contribution in [0.2, 0.25) is 0 Å². The van der Waals surface area contributed by atoms with Gasteiger partial charge in [-0.3, -0.25) is 0 Å². The zero-order valence-corrected chi connectivity index (χ0v) is 12.6. The predicted molar refractivity (Wildman–Crippen MR) is 87.3 cm³/mol. The number of nitriles is 1. The van der Waals surface area contributed by atoms with Crippen molar-refractivity contribution in [2.24, 2.45) is 0 Å². The summed E-state index contributed by atoms with van der Waals surface area (Å²) in [6.07, 6.45) is 0. The molecule has 0 aliphatic heterocycles. The molecule has 22 heavy (non-hydrogen) atoms. The Labute approximate surface area is 129 Å². The molecule has 2 aromatic carbocycles. The lowest BCUT2D eigenvalue weighted by Gasteiger charge is -2.10. The second-order valence-corrected chi connectivity index (χ2v) is 5.14. The van der Waals surface area contributed by atoms with E-state index in [9.17, 15) is 4.79 Å². The van der Waals surface area contributed by atoms with Crippen LogP contribution in [0.15, 0.2) is 36.4 Å². The fourth-order valence-electron chi connectivity index (χ4n) is 2.01. The van der Waals surface area contributed by atoms with Crippen molar-refractivity contribution in [1.82, 2.24) is 5.32 Å². The van der Waals surface area contributed by atoms with Crippen molar-refractivity contribution in [2.45, 2.75) is 20.4 Å². The highest BCUT2D eigenvalue weighted by Crippen LogP contribution is 2.19. The van der Waals surface area contributed by atoms with Crippen molar-refractivity contribution >= 4 is 17.4 Å². The van der Waals surface area contributed by atoms with Crippen molar-refractivity contribution in [3.05, 3.63) is 58.7 Å². The first-order valence-corrected chi connectivity index (χ1v) is 6.90. The van der Waals surface area contributed by atoms with Gasteiger partial charge in [-0.15, -0.1) is 0 Å². The van der Waals surface area contributed by atoms with Crippen LogP contribution in [0.1, 0.15) is 22.3 Å². The summed E-state index contributed by atoms with van der Waals surface area (Å²) in [6.45, 7) is 4.52. The molecule has 5 nitrogen and oxygen atoms in total. The molecule has 5 heteroatoms. The van der Waals surface area contributed by atoms with Crippen molar-refractivity contribution in [1.29, 1.82) is 5.26 Å². The van der Waals surface area contributed by atoms with Gasteiger partial charge in [0.15, 0.2) is 0 Å². The van der Waals surface area contributed by atoms with E-state index in [0.29, 0.717) is 23.5 Å². The maximum absolute atomic E-state index is 11.9. The number of anilines is 2. The monoisotopic (exact) mass is 294 g/mol. The highest BCUT2D eigenvalue weighted by atomic mass is 16.2. The number of carbonyl (C=O) groups is 1. The largest absolute Gasteiger partial charge is 0.397 e. The molecule has 0 heterocycles. The van der Waals surface area contributed by atoms with Gasteiger partial charge in [0.1, 0.15) is 0 Å². The minimum absolute atomic E-state index is 0.338. The fourth-order valence-corrected chi connectivity index (χ4v) is 2.01. The Bertz CT molecular complexity index is 747. The van der Waals surface area contributed by atoms with Gasteiger partial charge in [-0.05, 0) is 48.7 Å². The van der Waals surface area contributed by atoms with Crippen molar-refractivity contribution in [2.75, 3.05) is 11.1 Å². The predicted octanol–water partition coefficient (Wildman–Crippen LogP) is 3.08. The van der Waals surface area contributed by atoms with Gasteiger partial charge in [0.05, 0.1) is 23.0 Å². The summed E-state index contributed by atoms with van der Waals surface area (Å²) in [5.74, 6) is 0. The molecule has 0 unspecified atom stereocenters. The lowest BCUT2D eigenvalue weighted by atomic mass is 10.1. The molecule has 4 N–H and O–H groups in total. The van der Waals surface area contributed by atoms with Crippen LogP contribution in [0.5, 0.6) is 0 Å². The molecule has 0 aliphatic rings. The topological polar surface area (TPSA) is 90.9 Å². The number of nitrogens with zero attached hydrogens (tertiary/aromatic N) is 1. The molecule has 0 spiro atoms. The van der Waals surface area contributed by atoms with Crippen LogP contribution in [-0.4, -0.2) is 6.03 Å². The van der Waals surface area contributed by atoms with E-state index in [1.807, 2.05) is 38.1 Å². The number of aryl methyl sites for hydroxylation is 2. The normalized spacial score (nSPS) is 9.86. The highest BCUT2D eigenvalue weighted by molar-refractivity contribution is 5.92. The van der Waals surface area contributed by atoms with Crippen LogP contribution in [0.25, 0.3) is 0 Å². The van der Waals surface area contributed by atoms with E-state index in [0.717, 1.165) is 5.56 Å². The summed E-state index contributed by atoms with van der Waals surface area (Å²) in [5.41, 5.74) is 10.5. The molecule has 2 rings (SSSR count). The van der Waals surface area contributed by atoms with Gasteiger partial charge in [-0.2, -0.15) is 5.26 Å². The van der Waals surface area contributed by atoms with E-state index < -0.39 is 0 Å². The average Bonchev–Trinajstić information content (AvgIpc) is 2.50. The molecule has 0 saturated carbocycles. The number of carbonyl (C=O) groups excluding carboxylic acids is 1. The smallest absolute Gasteiger partial charge is 0.319 e. The molecule has 2 amide bonds. The highest BCUT2D eigenvalue weighted by Gasteiger charge is 2.06. The molecule has 0 saturated heterocycles. The second kappa shape index (κ2) is 6.64. The first-order chi connectivity index (χ1) is 10.5.